The van der Waals surface area contributed by atoms with E-state index in [1.807, 2.05) is 0 Å². The van der Waals surface area contributed by atoms with Crippen LogP contribution in [0.4, 0.5) is 5.69 Å². The Balaban J connectivity index is 3.26. The molecule has 0 saturated heterocycles. The molecular weight excluding hydrogens is 146 g/mol. The average molecular weight is 151 g/mol. The Morgan fingerprint density at radius 3 is 2.73 bits per heavy atom. The highest BCUT2D eigenvalue weighted by Crippen LogP contribution is 2.21. The number of rotatable bonds is 2. The molecule has 0 aliphatic rings. The number of aromatic hydroxyl groups is 1. The van der Waals surface area contributed by atoms with Crippen molar-refractivity contribution < 1.29 is 9.90 Å². The molecule has 56 valence electrons. The van der Waals surface area contributed by atoms with Gasteiger partial charge in [0.2, 0.25) is 0 Å². The molecule has 11 heavy (non-hydrogen) atoms. The maximum atomic E-state index is 10.2. The normalized spacial score (nSPS) is 9.09. The van der Waals surface area contributed by atoms with Crippen molar-refractivity contribution in [2.45, 2.75) is 0 Å². The Hall–Kier alpha value is -1.71. The number of phenols is 1. The number of hydrogen-bond acceptors (Lipinski definition) is 4. The molecule has 0 radical (unpaired) electrons. The van der Waals surface area contributed by atoms with Gasteiger partial charge in [0.05, 0.1) is 0 Å². The fourth-order valence-corrected chi connectivity index (χ4v) is 0.719. The molecule has 0 aliphatic carbocycles. The number of phenolic OH excluding ortho intramolecular Hbond substituents is 1. The van der Waals surface area contributed by atoms with Crippen LogP contribution in [-0.4, -0.2) is 11.4 Å². The average Bonchev–Trinajstić information content (AvgIpc) is 2.04. The monoisotopic (exact) mass is 151 g/mol. The van der Waals surface area contributed by atoms with Crippen molar-refractivity contribution in [3.63, 3.8) is 0 Å². The zero-order valence-corrected chi connectivity index (χ0v) is 5.52. The summed E-state index contributed by atoms with van der Waals surface area (Å²) >= 11 is 0. The maximum Gasteiger partial charge on any atom is 0.152 e. The van der Waals surface area contributed by atoms with Gasteiger partial charge in [0.1, 0.15) is 11.4 Å². The van der Waals surface area contributed by atoms with Crippen molar-refractivity contribution in [1.82, 2.24) is 0 Å². The Morgan fingerprint density at radius 1 is 1.45 bits per heavy atom. The van der Waals surface area contributed by atoms with Crippen LogP contribution in [0.15, 0.2) is 23.4 Å². The molecule has 0 unspecified atom stereocenters. The molecule has 4 nitrogen and oxygen atoms in total. The molecule has 0 amide bonds. The second-order valence-electron chi connectivity index (χ2n) is 1.95. The highest BCUT2D eigenvalue weighted by atomic mass is 16.3. The summed E-state index contributed by atoms with van der Waals surface area (Å²) < 4.78 is 0. The summed E-state index contributed by atoms with van der Waals surface area (Å²) in [6.07, 6.45) is 0.469. The second kappa shape index (κ2) is 2.92. The van der Waals surface area contributed by atoms with Crippen molar-refractivity contribution in [2.75, 3.05) is 0 Å². The predicted octanol–water partition coefficient (Wildman–Crippen LogP) is 1.60. The topological polar surface area (TPSA) is 66.7 Å². The number of carbonyl (C=O) groups is 1. The standard InChI is InChI=1S/C7H5NO3/c9-4-5-3-6(10)1-2-7(5)8-11/h1-4,10H. The summed E-state index contributed by atoms with van der Waals surface area (Å²) in [7, 11) is 0. The molecule has 0 bridgehead atoms. The lowest BCUT2D eigenvalue weighted by atomic mass is 10.2. The number of benzene rings is 1. The number of carbonyl (C=O) groups excluding carboxylic acids is 1. The van der Waals surface area contributed by atoms with Gasteiger partial charge in [-0.05, 0) is 23.4 Å². The van der Waals surface area contributed by atoms with Crippen LogP contribution in [-0.2, 0) is 0 Å². The fraction of sp³-hybridized carbons (Fsp3) is 0. The van der Waals surface area contributed by atoms with Gasteiger partial charge in [-0.2, -0.15) is 0 Å². The molecule has 0 heterocycles. The van der Waals surface area contributed by atoms with Gasteiger partial charge < -0.3 is 5.11 Å². The number of hydrogen-bond donors (Lipinski definition) is 1. The molecule has 0 atom stereocenters. The van der Waals surface area contributed by atoms with Crippen LogP contribution in [0.3, 0.4) is 0 Å². The third-order valence-corrected chi connectivity index (χ3v) is 1.24. The Labute approximate surface area is 62.4 Å². The first-order valence-electron chi connectivity index (χ1n) is 2.89. The highest BCUT2D eigenvalue weighted by molar-refractivity contribution is 5.83. The van der Waals surface area contributed by atoms with Gasteiger partial charge in [-0.1, -0.05) is 0 Å². The summed E-state index contributed by atoms with van der Waals surface area (Å²) in [4.78, 5) is 20.2. The third-order valence-electron chi connectivity index (χ3n) is 1.24. The fourth-order valence-electron chi connectivity index (χ4n) is 0.719. The minimum absolute atomic E-state index is 0.0396. The van der Waals surface area contributed by atoms with Crippen LogP contribution in [0.1, 0.15) is 10.4 Å². The first kappa shape index (κ1) is 7.40. The van der Waals surface area contributed by atoms with E-state index in [9.17, 15) is 9.70 Å². The lowest BCUT2D eigenvalue weighted by molar-refractivity contribution is 0.112. The molecule has 1 rings (SSSR count). The minimum Gasteiger partial charge on any atom is -0.508 e. The SMILES string of the molecule is O=Cc1cc(O)ccc1N=O. The van der Waals surface area contributed by atoms with Gasteiger partial charge in [0.25, 0.3) is 0 Å². The second-order valence-corrected chi connectivity index (χ2v) is 1.95. The first-order valence-corrected chi connectivity index (χ1v) is 2.89. The molecule has 0 fully saturated rings. The lowest BCUT2D eigenvalue weighted by Gasteiger charge is -1.94. The molecule has 4 heteroatoms. The van der Waals surface area contributed by atoms with E-state index in [1.165, 1.54) is 18.2 Å². The van der Waals surface area contributed by atoms with E-state index in [-0.39, 0.29) is 17.0 Å². The zero-order chi connectivity index (χ0) is 8.27. The van der Waals surface area contributed by atoms with Crippen LogP contribution in [0.2, 0.25) is 0 Å². The summed E-state index contributed by atoms with van der Waals surface area (Å²) in [5, 5.41) is 11.5. The van der Waals surface area contributed by atoms with Crippen molar-refractivity contribution >= 4 is 12.0 Å². The molecule has 0 aromatic heterocycles. The van der Waals surface area contributed by atoms with Crippen molar-refractivity contribution in [1.29, 1.82) is 0 Å². The molecule has 0 spiro atoms. The Morgan fingerprint density at radius 2 is 2.18 bits per heavy atom. The third kappa shape index (κ3) is 1.40. The molecule has 1 aromatic carbocycles. The van der Waals surface area contributed by atoms with Crippen LogP contribution < -0.4 is 0 Å². The van der Waals surface area contributed by atoms with Crippen LogP contribution in [0, 0.1) is 4.91 Å². The quantitative estimate of drug-likeness (QED) is 0.515. The van der Waals surface area contributed by atoms with Crippen molar-refractivity contribution in [3.8, 4) is 5.75 Å². The maximum absolute atomic E-state index is 10.2. The van der Waals surface area contributed by atoms with Crippen molar-refractivity contribution in [2.24, 2.45) is 5.18 Å². The van der Waals surface area contributed by atoms with E-state index in [0.717, 1.165) is 0 Å². The summed E-state index contributed by atoms with van der Waals surface area (Å²) in [6.45, 7) is 0. The highest BCUT2D eigenvalue weighted by Gasteiger charge is 2.01. The summed E-state index contributed by atoms with van der Waals surface area (Å²) in [6, 6.07) is 3.76. The van der Waals surface area contributed by atoms with Crippen LogP contribution in [0.5, 0.6) is 5.75 Å². The van der Waals surface area contributed by atoms with Gasteiger partial charge in [0, 0.05) is 5.56 Å². The summed E-state index contributed by atoms with van der Waals surface area (Å²) in [5.74, 6) is -0.0560. The smallest absolute Gasteiger partial charge is 0.152 e. The Kier molecular flexibility index (Phi) is 1.96. The van der Waals surface area contributed by atoms with E-state index in [1.54, 1.807) is 0 Å². The largest absolute Gasteiger partial charge is 0.508 e. The van der Waals surface area contributed by atoms with Gasteiger partial charge in [0.15, 0.2) is 6.29 Å². The van der Waals surface area contributed by atoms with Gasteiger partial charge in [-0.3, -0.25) is 4.79 Å². The zero-order valence-electron chi connectivity index (χ0n) is 5.52. The number of aldehydes is 1. The number of nitrogens with zero attached hydrogens (tertiary/aromatic N) is 1. The van der Waals surface area contributed by atoms with E-state index in [0.29, 0.717) is 6.29 Å². The van der Waals surface area contributed by atoms with Crippen molar-refractivity contribution in [3.05, 3.63) is 28.7 Å². The van der Waals surface area contributed by atoms with Crippen LogP contribution in [0.25, 0.3) is 0 Å². The molecule has 0 saturated carbocycles. The van der Waals surface area contributed by atoms with E-state index >= 15 is 0 Å². The molecular formula is C7H5NO3. The molecule has 1 aromatic rings. The number of nitroso groups, excluding NO2 is 1. The van der Waals surface area contributed by atoms with Gasteiger partial charge in [-0.15, -0.1) is 4.91 Å². The predicted molar refractivity (Wildman–Crippen MR) is 38.9 cm³/mol. The first-order chi connectivity index (χ1) is 5.27. The summed E-state index contributed by atoms with van der Waals surface area (Å²) in [5.41, 5.74) is 0.137. The minimum atomic E-state index is -0.0560. The molecule has 1 N–H and O–H groups in total. The Bertz CT molecular complexity index is 296. The van der Waals surface area contributed by atoms with E-state index < -0.39 is 0 Å². The molecule has 0 aliphatic heterocycles. The van der Waals surface area contributed by atoms with Crippen LogP contribution >= 0.6 is 0 Å². The van der Waals surface area contributed by atoms with E-state index in [4.69, 9.17) is 5.11 Å². The van der Waals surface area contributed by atoms with Gasteiger partial charge >= 0.3 is 0 Å². The van der Waals surface area contributed by atoms with Gasteiger partial charge in [-0.25, -0.2) is 0 Å². The van der Waals surface area contributed by atoms with E-state index in [2.05, 4.69) is 5.18 Å². The lowest BCUT2D eigenvalue weighted by Crippen LogP contribution is -1.78.